The number of benzene rings is 1. The standard InChI is InChI=1S/C18H21NOS/c1-21-17-8-4-13(5-9-17)18(20)19-15-6-7-16(19)11-14(10-15)12-2-3-12/h4-5,8-9,15-16H,2-3,6-7,10-11H2,1H3. The number of rotatable bonds is 2. The van der Waals surface area contributed by atoms with Gasteiger partial charge < -0.3 is 4.90 Å². The maximum Gasteiger partial charge on any atom is 0.254 e. The van der Waals surface area contributed by atoms with Gasteiger partial charge in [0, 0.05) is 22.5 Å². The third-order valence-electron chi connectivity index (χ3n) is 5.16. The highest BCUT2D eigenvalue weighted by Crippen LogP contribution is 2.45. The van der Waals surface area contributed by atoms with Gasteiger partial charge in [-0.3, -0.25) is 4.79 Å². The zero-order valence-corrected chi connectivity index (χ0v) is 13.3. The lowest BCUT2D eigenvalue weighted by Crippen LogP contribution is -2.44. The quantitative estimate of drug-likeness (QED) is 0.600. The van der Waals surface area contributed by atoms with Crippen LogP contribution >= 0.6 is 11.8 Å². The molecule has 1 aromatic rings. The summed E-state index contributed by atoms with van der Waals surface area (Å²) in [6.07, 6.45) is 9.36. The molecule has 110 valence electrons. The lowest BCUT2D eigenvalue weighted by molar-refractivity contribution is 0.0634. The fourth-order valence-electron chi connectivity index (χ4n) is 3.93. The summed E-state index contributed by atoms with van der Waals surface area (Å²) in [7, 11) is 0. The van der Waals surface area contributed by atoms with Gasteiger partial charge in [-0.05, 0) is 69.0 Å². The second-order valence-corrected chi connectivity index (χ2v) is 7.32. The van der Waals surface area contributed by atoms with Crippen LogP contribution in [0.2, 0.25) is 0 Å². The minimum Gasteiger partial charge on any atom is -0.332 e. The number of amides is 1. The van der Waals surface area contributed by atoms with Crippen LogP contribution < -0.4 is 0 Å². The molecule has 3 aliphatic rings. The Morgan fingerprint density at radius 3 is 2.19 bits per heavy atom. The second-order valence-electron chi connectivity index (χ2n) is 6.44. The largest absolute Gasteiger partial charge is 0.332 e. The van der Waals surface area contributed by atoms with Gasteiger partial charge in [-0.1, -0.05) is 11.1 Å². The monoisotopic (exact) mass is 299 g/mol. The predicted molar refractivity (Wildman–Crippen MR) is 86.7 cm³/mol. The summed E-state index contributed by atoms with van der Waals surface area (Å²) in [5.74, 6) is 0.245. The van der Waals surface area contributed by atoms with E-state index < -0.39 is 0 Å². The number of carbonyl (C=O) groups is 1. The van der Waals surface area contributed by atoms with Crippen molar-refractivity contribution in [2.75, 3.05) is 6.26 Å². The SMILES string of the molecule is CSc1ccc(C(=O)N2C3CCC2CC(=C2CC2)C3)cc1. The van der Waals surface area contributed by atoms with Gasteiger partial charge in [0.15, 0.2) is 0 Å². The molecule has 2 heterocycles. The molecule has 2 aliphatic heterocycles. The second kappa shape index (κ2) is 5.20. The number of carbonyl (C=O) groups excluding carboxylic acids is 1. The first-order valence-corrected chi connectivity index (χ1v) is 9.15. The van der Waals surface area contributed by atoms with Crippen LogP contribution in [0, 0.1) is 0 Å². The summed E-state index contributed by atoms with van der Waals surface area (Å²) in [6, 6.07) is 9.01. The molecule has 3 heteroatoms. The van der Waals surface area contributed by atoms with E-state index in [4.69, 9.17) is 0 Å². The zero-order chi connectivity index (χ0) is 14.4. The van der Waals surface area contributed by atoms with Gasteiger partial charge in [0.25, 0.3) is 5.91 Å². The first-order valence-electron chi connectivity index (χ1n) is 7.93. The van der Waals surface area contributed by atoms with E-state index in [1.54, 1.807) is 22.9 Å². The average molecular weight is 299 g/mol. The molecule has 21 heavy (non-hydrogen) atoms. The van der Waals surface area contributed by atoms with Crippen LogP contribution in [0.3, 0.4) is 0 Å². The van der Waals surface area contributed by atoms with Gasteiger partial charge in [0.1, 0.15) is 0 Å². The van der Waals surface area contributed by atoms with Crippen LogP contribution in [0.1, 0.15) is 48.9 Å². The van der Waals surface area contributed by atoms with Gasteiger partial charge in [-0.2, -0.15) is 0 Å². The molecule has 2 unspecified atom stereocenters. The summed E-state index contributed by atoms with van der Waals surface area (Å²) >= 11 is 1.72. The van der Waals surface area contributed by atoms with Crippen molar-refractivity contribution in [1.29, 1.82) is 0 Å². The number of piperidine rings is 1. The van der Waals surface area contributed by atoms with E-state index in [0.29, 0.717) is 12.1 Å². The summed E-state index contributed by atoms with van der Waals surface area (Å²) in [5, 5.41) is 0. The number of nitrogens with zero attached hydrogens (tertiary/aromatic N) is 1. The lowest BCUT2D eigenvalue weighted by Gasteiger charge is -2.36. The molecule has 1 amide bonds. The van der Waals surface area contributed by atoms with Crippen molar-refractivity contribution in [3.8, 4) is 0 Å². The van der Waals surface area contributed by atoms with Crippen LogP contribution in [0.25, 0.3) is 0 Å². The van der Waals surface area contributed by atoms with Crippen molar-refractivity contribution in [2.45, 2.75) is 55.5 Å². The molecule has 2 nitrogen and oxygen atoms in total. The van der Waals surface area contributed by atoms with E-state index in [9.17, 15) is 4.79 Å². The molecule has 0 radical (unpaired) electrons. The van der Waals surface area contributed by atoms with Gasteiger partial charge in [-0.15, -0.1) is 11.8 Å². The number of thioether (sulfide) groups is 1. The van der Waals surface area contributed by atoms with E-state index in [1.165, 1.54) is 30.6 Å². The molecule has 3 fully saturated rings. The van der Waals surface area contributed by atoms with E-state index in [1.807, 2.05) is 12.1 Å². The Bertz CT molecular complexity index is 582. The average Bonchev–Trinajstić information content (AvgIpc) is 3.33. The molecular weight excluding hydrogens is 278 g/mol. The van der Waals surface area contributed by atoms with Gasteiger partial charge >= 0.3 is 0 Å². The maximum absolute atomic E-state index is 12.9. The molecule has 0 spiro atoms. The van der Waals surface area contributed by atoms with Crippen molar-refractivity contribution in [1.82, 2.24) is 4.90 Å². The Balaban J connectivity index is 1.56. The Hall–Kier alpha value is -1.22. The third kappa shape index (κ3) is 2.42. The van der Waals surface area contributed by atoms with Crippen LogP contribution in [0.4, 0.5) is 0 Å². The van der Waals surface area contributed by atoms with Crippen LogP contribution in [0.15, 0.2) is 40.3 Å². The van der Waals surface area contributed by atoms with Crippen LogP contribution in [0.5, 0.6) is 0 Å². The zero-order valence-electron chi connectivity index (χ0n) is 12.5. The van der Waals surface area contributed by atoms with Gasteiger partial charge in [0.2, 0.25) is 0 Å². The molecular formula is C18H21NOS. The molecule has 1 saturated carbocycles. The number of hydrogen-bond donors (Lipinski definition) is 0. The topological polar surface area (TPSA) is 20.3 Å². The summed E-state index contributed by atoms with van der Waals surface area (Å²) in [5.41, 5.74) is 4.24. The molecule has 1 aliphatic carbocycles. The Kier molecular flexibility index (Phi) is 3.33. The molecule has 0 aromatic heterocycles. The summed E-state index contributed by atoms with van der Waals surface area (Å²) in [4.78, 5) is 16.3. The minimum absolute atomic E-state index is 0.245. The van der Waals surface area contributed by atoms with Gasteiger partial charge in [0.05, 0.1) is 0 Å². The van der Waals surface area contributed by atoms with E-state index in [2.05, 4.69) is 23.3 Å². The smallest absolute Gasteiger partial charge is 0.254 e. The predicted octanol–water partition coefficient (Wildman–Crippen LogP) is 4.27. The maximum atomic E-state index is 12.9. The number of fused-ring (bicyclic) bond motifs is 2. The van der Waals surface area contributed by atoms with E-state index >= 15 is 0 Å². The fraction of sp³-hybridized carbons (Fsp3) is 0.500. The molecule has 2 bridgehead atoms. The fourth-order valence-corrected chi connectivity index (χ4v) is 4.34. The first-order chi connectivity index (χ1) is 10.3. The Labute approximate surface area is 130 Å². The van der Waals surface area contributed by atoms with E-state index in [-0.39, 0.29) is 5.91 Å². The molecule has 0 N–H and O–H groups in total. The third-order valence-corrected chi connectivity index (χ3v) is 5.90. The Morgan fingerprint density at radius 1 is 1.05 bits per heavy atom. The summed E-state index contributed by atoms with van der Waals surface area (Å²) < 4.78 is 0. The lowest BCUT2D eigenvalue weighted by atomic mass is 9.95. The van der Waals surface area contributed by atoms with Gasteiger partial charge in [-0.25, -0.2) is 0 Å². The van der Waals surface area contributed by atoms with Crippen LogP contribution in [-0.2, 0) is 0 Å². The molecule has 2 saturated heterocycles. The van der Waals surface area contributed by atoms with Crippen molar-refractivity contribution < 1.29 is 4.79 Å². The highest BCUT2D eigenvalue weighted by Gasteiger charge is 2.42. The Morgan fingerprint density at radius 2 is 1.67 bits per heavy atom. The van der Waals surface area contributed by atoms with Crippen LogP contribution in [-0.4, -0.2) is 29.1 Å². The highest BCUT2D eigenvalue weighted by molar-refractivity contribution is 7.98. The normalized spacial score (nSPS) is 27.2. The molecule has 2 atom stereocenters. The summed E-state index contributed by atoms with van der Waals surface area (Å²) in [6.45, 7) is 0. The minimum atomic E-state index is 0.245. The number of hydrogen-bond acceptors (Lipinski definition) is 2. The van der Waals surface area contributed by atoms with Crippen molar-refractivity contribution in [3.63, 3.8) is 0 Å². The number of allylic oxidation sites excluding steroid dienone is 1. The molecule has 4 rings (SSSR count). The van der Waals surface area contributed by atoms with Crippen molar-refractivity contribution in [3.05, 3.63) is 41.0 Å². The highest BCUT2D eigenvalue weighted by atomic mass is 32.2. The molecule has 1 aromatic carbocycles. The van der Waals surface area contributed by atoms with Crippen molar-refractivity contribution in [2.24, 2.45) is 0 Å². The van der Waals surface area contributed by atoms with E-state index in [0.717, 1.165) is 18.4 Å². The van der Waals surface area contributed by atoms with Crippen molar-refractivity contribution >= 4 is 17.7 Å². The first kappa shape index (κ1) is 13.4.